The molecule has 37 heteroatoms. The van der Waals surface area contributed by atoms with Crippen molar-refractivity contribution in [1.29, 1.82) is 0 Å². The molecule has 12 aromatic heterocycles. The Hall–Kier alpha value is -18.1. The van der Waals surface area contributed by atoms with E-state index in [-0.39, 0.29) is 71.1 Å². The number of nitrogens with zero attached hydrogens (tertiary/aromatic N) is 18. The van der Waals surface area contributed by atoms with Gasteiger partial charge in [-0.15, -0.1) is 0 Å². The lowest BCUT2D eigenvalue weighted by molar-refractivity contribution is -0.126. The molecule has 2 aliphatic carbocycles. The second-order valence-electron chi connectivity index (χ2n) is 36.1. The standard InChI is InChI=1S/2C24H22N6O3.C21H21N5O.C21H23N5O.C19H18N6O/c25-23-27-14-18(15-28-23)16-3-5-19(6-4-16)24(7-10-32-11-8-24)22(31)29-21-12-20(30-33-21)17-2-1-9-26-13-17;25-23-27-14-17(15-28-23)16-4-6-18(7-5-16)24(8-11-32-12-9-24)22(31)29-21-13-20(30-33-21)19-3-1-2-10-26-19;1-14-11-18(7-10-23-14)26-19(27)21(8-2-9-21)17-5-3-15(4-6-17)16-12-24-20(22)25-13-16;1-14(2)21(3,19(27)26-18-5-4-10-23-13-18)17-8-6-15(7-9-17)16-11-24-20(22)25-12-16;20-18-22-10-14(11-23-18)13-2-4-15(5-3-13)19(7-1-8-19)17(26)25-16-6-9-21-12-24-16/h1-6,9,12-15H,7-8,10-11H2,(H,29,31)(H2,25,27,28);1-7,10,13-15H,8-9,11-12H2,(H,29,31)(H2,25,27,28);3-7,10-13H,2,8-9H2,1H3,(H2,22,24,25)(H,23,26,27);4-14H,1-3H3,(H,26,27)(H2,22,24,25);2-6,9-12H,1,7-8H2,(H2,20,22,23)(H,21,24,25,26). The predicted octanol–water partition coefficient (Wildman–Crippen LogP) is 16.7. The summed E-state index contributed by atoms with van der Waals surface area (Å²) in [5.74, 6) is 2.06. The van der Waals surface area contributed by atoms with Crippen LogP contribution in [0.5, 0.6) is 0 Å². The molecular weight excluding hydrogens is 1850 g/mol. The zero-order valence-corrected chi connectivity index (χ0v) is 80.5. The van der Waals surface area contributed by atoms with Gasteiger partial charge in [-0.05, 0) is 181 Å². The molecule has 736 valence electrons. The van der Waals surface area contributed by atoms with E-state index in [1.54, 1.807) is 130 Å². The van der Waals surface area contributed by atoms with Crippen molar-refractivity contribution in [2.75, 3.05) is 81.7 Å². The van der Waals surface area contributed by atoms with Gasteiger partial charge in [0.1, 0.15) is 23.5 Å². The van der Waals surface area contributed by atoms with E-state index in [0.29, 0.717) is 86.6 Å². The van der Waals surface area contributed by atoms with E-state index in [9.17, 15) is 24.0 Å². The number of carbonyl (C=O) groups is 5. The lowest BCUT2D eigenvalue weighted by Crippen LogP contribution is -2.46. The van der Waals surface area contributed by atoms with Crippen LogP contribution in [0.1, 0.15) is 118 Å². The van der Waals surface area contributed by atoms with Gasteiger partial charge in [-0.3, -0.25) is 54.5 Å². The maximum Gasteiger partial charge on any atom is 0.237 e. The minimum absolute atomic E-state index is 0.0222. The first kappa shape index (κ1) is 99.4. The van der Waals surface area contributed by atoms with Crippen LogP contribution in [0, 0.1) is 12.8 Å². The molecule has 146 heavy (non-hydrogen) atoms. The van der Waals surface area contributed by atoms with Gasteiger partial charge >= 0.3 is 0 Å². The summed E-state index contributed by atoms with van der Waals surface area (Å²) in [7, 11) is 0. The van der Waals surface area contributed by atoms with Crippen LogP contribution >= 0.6 is 0 Å². The highest BCUT2D eigenvalue weighted by molar-refractivity contribution is 6.03. The molecule has 2 saturated heterocycles. The maximum atomic E-state index is 13.5. The lowest BCUT2D eigenvalue weighted by Gasteiger charge is -2.40. The molecule has 4 aliphatic rings. The first-order valence-corrected chi connectivity index (χ1v) is 47.4. The van der Waals surface area contributed by atoms with E-state index in [0.717, 1.165) is 139 Å². The Kier molecular flexibility index (Phi) is 30.8. The topological polar surface area (TPSA) is 552 Å². The molecule has 0 radical (unpaired) electrons. The SMILES string of the molecule is CC(C)C(C)(C(=O)Nc1cccnc1)c1ccc(-c2cnc(N)nc2)cc1.Cc1cc(NC(=O)C2(c3ccc(-c4cnc(N)nc4)cc3)CCC2)ccn1.Nc1ncc(-c2ccc(C3(C(=O)Nc4cc(-c5ccccn5)no4)CCOCC3)cc2)cn1.Nc1ncc(-c2ccc(C3(C(=O)Nc4cc(-c5cccnc5)no4)CCOCC3)cc2)cn1.Nc1ncc(-c2ccc(C3(C(=O)Nc4ccncn4)CCC3)cc2)cn1. The van der Waals surface area contributed by atoms with E-state index < -0.39 is 27.1 Å². The average molecular weight is 1950 g/mol. The van der Waals surface area contributed by atoms with Gasteiger partial charge in [-0.1, -0.05) is 164 Å². The Morgan fingerprint density at radius 3 is 1.08 bits per heavy atom. The van der Waals surface area contributed by atoms with E-state index in [1.165, 1.54) is 6.33 Å². The number of aryl methyl sites for hydroxylation is 1. The van der Waals surface area contributed by atoms with Crippen LogP contribution in [-0.2, 0) is 60.5 Å². The summed E-state index contributed by atoms with van der Waals surface area (Å²) in [6.07, 6.45) is 37.7. The number of nitrogen functional groups attached to an aromatic ring is 5. The Labute approximate surface area is 840 Å². The summed E-state index contributed by atoms with van der Waals surface area (Å²) in [5, 5.41) is 22.9. The number of hydrogen-bond donors (Lipinski definition) is 10. The largest absolute Gasteiger partial charge is 0.381 e. The molecule has 2 aliphatic heterocycles. The number of benzene rings is 5. The van der Waals surface area contributed by atoms with Crippen molar-refractivity contribution in [1.82, 2.24) is 90.1 Å². The van der Waals surface area contributed by atoms with Crippen LogP contribution in [0.25, 0.3) is 78.3 Å². The predicted molar refractivity (Wildman–Crippen MR) is 554 cm³/mol. The van der Waals surface area contributed by atoms with Gasteiger partial charge in [0, 0.05) is 182 Å². The number of nitrogens with one attached hydrogen (secondary N) is 5. The van der Waals surface area contributed by atoms with Gasteiger partial charge in [0.15, 0.2) is 0 Å². The molecule has 17 aromatic rings. The molecule has 1 unspecified atom stereocenters. The quantitative estimate of drug-likeness (QED) is 0.0284. The molecule has 2 saturated carbocycles. The average Bonchev–Trinajstić information content (AvgIpc) is 1.04. The number of carbonyl (C=O) groups excluding carboxylic acids is 5. The molecule has 21 rings (SSSR count). The fourth-order valence-electron chi connectivity index (χ4n) is 17.8. The van der Waals surface area contributed by atoms with Crippen molar-refractivity contribution in [2.45, 2.75) is 119 Å². The molecule has 15 N–H and O–H groups in total. The van der Waals surface area contributed by atoms with Crippen LogP contribution in [-0.4, -0.2) is 146 Å². The van der Waals surface area contributed by atoms with Gasteiger partial charge < -0.3 is 63.1 Å². The maximum absolute atomic E-state index is 13.5. The van der Waals surface area contributed by atoms with Crippen molar-refractivity contribution >= 4 is 88.2 Å². The third kappa shape index (κ3) is 23.0. The second-order valence-corrected chi connectivity index (χ2v) is 36.1. The first-order valence-electron chi connectivity index (χ1n) is 47.4. The monoisotopic (exact) mass is 1950 g/mol. The summed E-state index contributed by atoms with van der Waals surface area (Å²) in [5.41, 5.74) is 43.7. The van der Waals surface area contributed by atoms with Crippen molar-refractivity contribution in [3.8, 4) is 78.3 Å². The van der Waals surface area contributed by atoms with Crippen LogP contribution in [0.4, 0.5) is 58.7 Å². The number of ether oxygens (including phenoxy) is 2. The third-order valence-electron chi connectivity index (χ3n) is 27.0. The van der Waals surface area contributed by atoms with Crippen LogP contribution in [0.15, 0.2) is 315 Å². The van der Waals surface area contributed by atoms with Crippen molar-refractivity contribution < 1.29 is 42.5 Å². The highest BCUT2D eigenvalue weighted by atomic mass is 16.5. The van der Waals surface area contributed by atoms with Gasteiger partial charge in [0.2, 0.25) is 71.0 Å². The molecular formula is C109H106N28O9. The molecule has 0 spiro atoms. The van der Waals surface area contributed by atoms with Crippen molar-refractivity contribution in [3.05, 3.63) is 339 Å². The molecule has 1 atom stereocenters. The third-order valence-corrected chi connectivity index (χ3v) is 27.0. The first-order chi connectivity index (χ1) is 70.9. The minimum atomic E-state index is -0.744. The van der Waals surface area contributed by atoms with Crippen LogP contribution in [0.2, 0.25) is 0 Å². The molecule has 37 nitrogen and oxygen atoms in total. The fraction of sp³-hybridized carbons (Fsp3) is 0.220. The van der Waals surface area contributed by atoms with E-state index >= 15 is 0 Å². The Morgan fingerprint density at radius 2 is 0.712 bits per heavy atom. The summed E-state index contributed by atoms with van der Waals surface area (Å²) in [6, 6.07) is 61.3. The van der Waals surface area contributed by atoms with Gasteiger partial charge in [0.05, 0.1) is 44.7 Å². The lowest BCUT2D eigenvalue weighted by atomic mass is 9.63. The highest BCUT2D eigenvalue weighted by Crippen LogP contribution is 2.48. The number of pyridine rings is 4. The summed E-state index contributed by atoms with van der Waals surface area (Å²) < 4.78 is 21.9. The molecule has 0 bridgehead atoms. The number of anilines is 10. The van der Waals surface area contributed by atoms with E-state index in [2.05, 4.69) is 117 Å². The van der Waals surface area contributed by atoms with E-state index in [1.807, 2.05) is 198 Å². The normalized spacial score (nSPS) is 14.7. The minimum Gasteiger partial charge on any atom is -0.381 e. The van der Waals surface area contributed by atoms with E-state index in [4.69, 9.17) is 47.2 Å². The number of aromatic nitrogens is 18. The molecule has 4 fully saturated rings. The highest BCUT2D eigenvalue weighted by Gasteiger charge is 2.49. The second kappa shape index (κ2) is 45.2. The summed E-state index contributed by atoms with van der Waals surface area (Å²) in [4.78, 5) is 131. The van der Waals surface area contributed by atoms with Gasteiger partial charge in [-0.25, -0.2) is 59.8 Å². The number of rotatable bonds is 23. The fourth-order valence-corrected chi connectivity index (χ4v) is 17.8. The molecule has 5 aromatic carbocycles. The van der Waals surface area contributed by atoms with Gasteiger partial charge in [-0.2, -0.15) is 0 Å². The summed E-state index contributed by atoms with van der Waals surface area (Å²) >= 11 is 0. The Balaban J connectivity index is 0.000000125. The van der Waals surface area contributed by atoms with Crippen LogP contribution < -0.4 is 55.3 Å². The Bertz CT molecular complexity index is 7060. The smallest absolute Gasteiger partial charge is 0.237 e. The zero-order valence-electron chi connectivity index (χ0n) is 80.5. The van der Waals surface area contributed by atoms with Crippen molar-refractivity contribution in [3.63, 3.8) is 0 Å². The van der Waals surface area contributed by atoms with Crippen molar-refractivity contribution in [2.24, 2.45) is 5.92 Å². The number of hydrogen-bond acceptors (Lipinski definition) is 32. The van der Waals surface area contributed by atoms with Crippen LogP contribution in [0.3, 0.4) is 0 Å². The number of nitrogens with two attached hydrogens (primary N) is 5. The Morgan fingerprint density at radius 1 is 0.322 bits per heavy atom. The molecule has 14 heterocycles. The number of amides is 5. The molecule has 5 amide bonds. The summed E-state index contributed by atoms with van der Waals surface area (Å²) in [6.45, 7) is 9.96. The van der Waals surface area contributed by atoms with Gasteiger partial charge in [0.25, 0.3) is 0 Å². The zero-order chi connectivity index (χ0) is 102.